The zero-order valence-corrected chi connectivity index (χ0v) is 14.5. The molecule has 1 aliphatic rings. The highest BCUT2D eigenvalue weighted by atomic mass is 32.2. The Balaban J connectivity index is 1.66. The predicted molar refractivity (Wildman–Crippen MR) is 93.8 cm³/mol. The van der Waals surface area contributed by atoms with Crippen molar-refractivity contribution in [2.45, 2.75) is 50.7 Å². The maximum Gasteiger partial charge on any atom is 0.224 e. The van der Waals surface area contributed by atoms with Crippen LogP contribution in [0.25, 0.3) is 0 Å². The lowest BCUT2D eigenvalue weighted by atomic mass is 10.0. The van der Waals surface area contributed by atoms with Crippen LogP contribution in [0.15, 0.2) is 18.2 Å². The smallest absolute Gasteiger partial charge is 0.224 e. The molecule has 1 aromatic rings. The standard InChI is InChI=1S/C18H27NO2S/c1-14-12-15(8-9-17(14)21-2)13-18(20)19-10-11-22-16-6-4-3-5-7-16/h8-9,12,16H,3-7,10-11,13H2,1-2H3,(H,19,20). The number of carbonyl (C=O) groups excluding carboxylic acids is 1. The fourth-order valence-corrected chi connectivity index (χ4v) is 4.17. The summed E-state index contributed by atoms with van der Waals surface area (Å²) < 4.78 is 5.24. The molecule has 1 N–H and O–H groups in total. The molecule has 0 spiro atoms. The number of rotatable bonds is 7. The van der Waals surface area contributed by atoms with Gasteiger partial charge in [-0.15, -0.1) is 0 Å². The number of aryl methyl sites for hydroxylation is 1. The van der Waals surface area contributed by atoms with Crippen LogP contribution >= 0.6 is 11.8 Å². The molecule has 4 heteroatoms. The first-order valence-corrected chi connectivity index (χ1v) is 9.25. The number of thioether (sulfide) groups is 1. The van der Waals surface area contributed by atoms with E-state index in [1.165, 1.54) is 32.1 Å². The van der Waals surface area contributed by atoms with Crippen molar-refractivity contribution in [1.82, 2.24) is 5.32 Å². The molecule has 1 aromatic carbocycles. The summed E-state index contributed by atoms with van der Waals surface area (Å²) in [5.74, 6) is 2.00. The van der Waals surface area contributed by atoms with E-state index >= 15 is 0 Å². The molecule has 0 saturated heterocycles. The molecule has 1 saturated carbocycles. The molecule has 0 unspecified atom stereocenters. The summed E-state index contributed by atoms with van der Waals surface area (Å²) in [5, 5.41) is 3.84. The summed E-state index contributed by atoms with van der Waals surface area (Å²) in [4.78, 5) is 12.0. The fraction of sp³-hybridized carbons (Fsp3) is 0.611. The van der Waals surface area contributed by atoms with Crippen LogP contribution in [0, 0.1) is 6.92 Å². The molecular formula is C18H27NO2S. The first-order valence-electron chi connectivity index (χ1n) is 8.21. The van der Waals surface area contributed by atoms with E-state index < -0.39 is 0 Å². The molecular weight excluding hydrogens is 294 g/mol. The number of ether oxygens (including phenoxy) is 1. The van der Waals surface area contributed by atoms with Gasteiger partial charge in [-0.1, -0.05) is 31.4 Å². The molecule has 0 radical (unpaired) electrons. The van der Waals surface area contributed by atoms with Crippen molar-refractivity contribution < 1.29 is 9.53 Å². The van der Waals surface area contributed by atoms with Crippen LogP contribution in [0.1, 0.15) is 43.2 Å². The molecule has 0 aromatic heterocycles. The normalized spacial score (nSPS) is 15.5. The van der Waals surface area contributed by atoms with E-state index in [1.807, 2.05) is 36.9 Å². The Hall–Kier alpha value is -1.16. The van der Waals surface area contributed by atoms with Crippen LogP contribution in [-0.4, -0.2) is 30.6 Å². The van der Waals surface area contributed by atoms with Crippen molar-refractivity contribution in [3.05, 3.63) is 29.3 Å². The molecule has 1 fully saturated rings. The van der Waals surface area contributed by atoms with Crippen LogP contribution < -0.4 is 10.1 Å². The van der Waals surface area contributed by atoms with Crippen LogP contribution in [0.5, 0.6) is 5.75 Å². The summed E-state index contributed by atoms with van der Waals surface area (Å²) >= 11 is 2.02. The lowest BCUT2D eigenvalue weighted by molar-refractivity contribution is -0.120. The van der Waals surface area contributed by atoms with Crippen molar-refractivity contribution in [3.8, 4) is 5.75 Å². The van der Waals surface area contributed by atoms with Gasteiger partial charge in [-0.2, -0.15) is 11.8 Å². The quantitative estimate of drug-likeness (QED) is 0.778. The number of methoxy groups -OCH3 is 1. The van der Waals surface area contributed by atoms with E-state index in [1.54, 1.807) is 7.11 Å². The average molecular weight is 321 g/mol. The zero-order chi connectivity index (χ0) is 15.8. The summed E-state index contributed by atoms with van der Waals surface area (Å²) in [6.45, 7) is 2.77. The van der Waals surface area contributed by atoms with Gasteiger partial charge in [0, 0.05) is 17.5 Å². The average Bonchev–Trinajstić information content (AvgIpc) is 2.53. The van der Waals surface area contributed by atoms with Crippen molar-refractivity contribution in [3.63, 3.8) is 0 Å². The molecule has 1 amide bonds. The zero-order valence-electron chi connectivity index (χ0n) is 13.7. The molecule has 122 valence electrons. The lowest BCUT2D eigenvalue weighted by Gasteiger charge is -2.20. The third-order valence-corrected chi connectivity index (χ3v) is 5.54. The topological polar surface area (TPSA) is 38.3 Å². The first kappa shape index (κ1) is 17.2. The van der Waals surface area contributed by atoms with E-state index in [4.69, 9.17) is 4.74 Å². The SMILES string of the molecule is COc1ccc(CC(=O)NCCSC2CCCCC2)cc1C. The Morgan fingerprint density at radius 3 is 2.77 bits per heavy atom. The van der Waals surface area contributed by atoms with Gasteiger partial charge in [-0.25, -0.2) is 0 Å². The van der Waals surface area contributed by atoms with Gasteiger partial charge in [-0.3, -0.25) is 4.79 Å². The maximum atomic E-state index is 12.0. The van der Waals surface area contributed by atoms with Gasteiger partial charge in [0.15, 0.2) is 0 Å². The Morgan fingerprint density at radius 2 is 2.09 bits per heavy atom. The van der Waals surface area contributed by atoms with Crippen LogP contribution in [-0.2, 0) is 11.2 Å². The minimum absolute atomic E-state index is 0.105. The van der Waals surface area contributed by atoms with Crippen molar-refractivity contribution in [1.29, 1.82) is 0 Å². The lowest BCUT2D eigenvalue weighted by Crippen LogP contribution is -2.28. The first-order chi connectivity index (χ1) is 10.7. The molecule has 3 nitrogen and oxygen atoms in total. The second-order valence-electron chi connectivity index (χ2n) is 5.96. The van der Waals surface area contributed by atoms with Gasteiger partial charge in [0.2, 0.25) is 5.91 Å². The predicted octanol–water partition coefficient (Wildman–Crippen LogP) is 3.73. The van der Waals surface area contributed by atoms with E-state index in [9.17, 15) is 4.79 Å². The van der Waals surface area contributed by atoms with Crippen molar-refractivity contribution in [2.75, 3.05) is 19.4 Å². The third kappa shape index (κ3) is 5.56. The minimum atomic E-state index is 0.105. The molecule has 2 rings (SSSR count). The van der Waals surface area contributed by atoms with Crippen LogP contribution in [0.2, 0.25) is 0 Å². The number of hydrogen-bond donors (Lipinski definition) is 1. The molecule has 0 heterocycles. The molecule has 0 atom stereocenters. The summed E-state index contributed by atoms with van der Waals surface area (Å²) in [6.07, 6.45) is 7.29. The Labute approximate surface area is 138 Å². The maximum absolute atomic E-state index is 12.0. The molecule has 22 heavy (non-hydrogen) atoms. The number of amides is 1. The summed E-state index contributed by atoms with van der Waals surface area (Å²) in [6, 6.07) is 5.91. The number of hydrogen-bond acceptors (Lipinski definition) is 3. The Morgan fingerprint density at radius 1 is 1.32 bits per heavy atom. The molecule has 0 bridgehead atoms. The van der Waals surface area contributed by atoms with Gasteiger partial charge >= 0.3 is 0 Å². The largest absolute Gasteiger partial charge is 0.496 e. The highest BCUT2D eigenvalue weighted by Crippen LogP contribution is 2.27. The monoisotopic (exact) mass is 321 g/mol. The number of nitrogens with one attached hydrogen (secondary N) is 1. The van der Waals surface area contributed by atoms with E-state index in [0.29, 0.717) is 6.42 Å². The number of carbonyl (C=O) groups is 1. The molecule has 1 aliphatic carbocycles. The van der Waals surface area contributed by atoms with Gasteiger partial charge in [0.1, 0.15) is 5.75 Å². The molecule has 0 aliphatic heterocycles. The third-order valence-electron chi connectivity index (χ3n) is 4.15. The second-order valence-corrected chi connectivity index (χ2v) is 7.37. The van der Waals surface area contributed by atoms with Gasteiger partial charge in [-0.05, 0) is 37.0 Å². The summed E-state index contributed by atoms with van der Waals surface area (Å²) in [5.41, 5.74) is 2.11. The van der Waals surface area contributed by atoms with Crippen molar-refractivity contribution in [2.24, 2.45) is 0 Å². The van der Waals surface area contributed by atoms with Gasteiger partial charge in [0.25, 0.3) is 0 Å². The number of benzene rings is 1. The Kier molecular flexibility index (Phi) is 7.10. The van der Waals surface area contributed by atoms with E-state index in [2.05, 4.69) is 5.32 Å². The van der Waals surface area contributed by atoms with Gasteiger partial charge < -0.3 is 10.1 Å². The van der Waals surface area contributed by atoms with Gasteiger partial charge in [0.05, 0.1) is 13.5 Å². The van der Waals surface area contributed by atoms with E-state index in [-0.39, 0.29) is 5.91 Å². The van der Waals surface area contributed by atoms with Crippen LogP contribution in [0.3, 0.4) is 0 Å². The van der Waals surface area contributed by atoms with Crippen molar-refractivity contribution >= 4 is 17.7 Å². The van der Waals surface area contributed by atoms with E-state index in [0.717, 1.165) is 34.4 Å². The highest BCUT2D eigenvalue weighted by Gasteiger charge is 2.13. The summed E-state index contributed by atoms with van der Waals surface area (Å²) in [7, 11) is 1.67. The van der Waals surface area contributed by atoms with Crippen LogP contribution in [0.4, 0.5) is 0 Å². The highest BCUT2D eigenvalue weighted by molar-refractivity contribution is 7.99. The second kappa shape index (κ2) is 9.09. The Bertz CT molecular complexity index is 484. The minimum Gasteiger partial charge on any atom is -0.496 e. The fourth-order valence-electron chi connectivity index (χ4n) is 2.95.